The normalized spacial score (nSPS) is 20.1. The molecule has 3 rings (SSSR count). The van der Waals surface area contributed by atoms with Gasteiger partial charge in [0.1, 0.15) is 5.82 Å². The first kappa shape index (κ1) is 13.1. The van der Waals surface area contributed by atoms with Gasteiger partial charge < -0.3 is 4.90 Å². The van der Waals surface area contributed by atoms with Gasteiger partial charge in [-0.25, -0.2) is 5.84 Å². The Morgan fingerprint density at radius 2 is 2.30 bits per heavy atom. The maximum atomic E-state index is 5.45. The molecular formula is C13H21N7. The summed E-state index contributed by atoms with van der Waals surface area (Å²) in [4.78, 5) is 11.1. The summed E-state index contributed by atoms with van der Waals surface area (Å²) < 4.78 is 0. The van der Waals surface area contributed by atoms with E-state index in [4.69, 9.17) is 5.84 Å². The second-order valence-electron chi connectivity index (χ2n) is 5.34. The van der Waals surface area contributed by atoms with Crippen LogP contribution in [-0.2, 0) is 0 Å². The van der Waals surface area contributed by atoms with Crippen LogP contribution in [0.1, 0.15) is 32.6 Å². The highest BCUT2D eigenvalue weighted by atomic mass is 15.3. The Bertz CT molecular complexity index is 579. The molecule has 0 radical (unpaired) electrons. The predicted octanol–water partition coefficient (Wildman–Crippen LogP) is 1.65. The number of anilines is 2. The van der Waals surface area contributed by atoms with Gasteiger partial charge in [0.2, 0.25) is 5.95 Å². The molecule has 4 N–H and O–H groups in total. The Morgan fingerprint density at radius 3 is 3.10 bits per heavy atom. The molecule has 1 aliphatic rings. The minimum atomic E-state index is 0.424. The highest BCUT2D eigenvalue weighted by molar-refractivity contribution is 5.87. The molecule has 0 aliphatic carbocycles. The molecule has 1 saturated heterocycles. The van der Waals surface area contributed by atoms with Crippen LogP contribution in [0.2, 0.25) is 0 Å². The number of nitrogen functional groups attached to an aromatic ring is 1. The molecule has 2 aromatic heterocycles. The van der Waals surface area contributed by atoms with E-state index in [2.05, 4.69) is 37.4 Å². The molecule has 7 nitrogen and oxygen atoms in total. The number of hydrazine groups is 1. The van der Waals surface area contributed by atoms with Crippen LogP contribution in [-0.4, -0.2) is 33.3 Å². The molecule has 108 valence electrons. The van der Waals surface area contributed by atoms with E-state index in [0.717, 1.165) is 35.9 Å². The Kier molecular flexibility index (Phi) is 3.68. The summed E-state index contributed by atoms with van der Waals surface area (Å²) in [6.07, 6.45) is 6.76. The maximum absolute atomic E-state index is 5.45. The van der Waals surface area contributed by atoms with Crippen LogP contribution in [0.15, 0.2) is 6.20 Å². The van der Waals surface area contributed by atoms with Crippen molar-refractivity contribution in [3.05, 3.63) is 6.20 Å². The van der Waals surface area contributed by atoms with Gasteiger partial charge in [-0.2, -0.15) is 15.1 Å². The number of nitrogens with one attached hydrogen (secondary N) is 2. The van der Waals surface area contributed by atoms with Crippen molar-refractivity contribution >= 4 is 22.8 Å². The van der Waals surface area contributed by atoms with Crippen molar-refractivity contribution in [1.29, 1.82) is 0 Å². The fraction of sp³-hybridized carbons (Fsp3) is 0.615. The fourth-order valence-corrected chi connectivity index (χ4v) is 2.91. The van der Waals surface area contributed by atoms with Crippen LogP contribution in [0.5, 0.6) is 0 Å². The molecule has 0 saturated carbocycles. The lowest BCUT2D eigenvalue weighted by Crippen LogP contribution is -2.26. The average Bonchev–Trinajstić information content (AvgIpc) is 2.82. The summed E-state index contributed by atoms with van der Waals surface area (Å²) in [5.41, 5.74) is 3.25. The molecule has 1 atom stereocenters. The first-order chi connectivity index (χ1) is 9.81. The second kappa shape index (κ2) is 5.62. The largest absolute Gasteiger partial charge is 0.356 e. The number of aromatic nitrogens is 4. The van der Waals surface area contributed by atoms with Crippen LogP contribution < -0.4 is 16.2 Å². The Balaban J connectivity index is 1.94. The van der Waals surface area contributed by atoms with Crippen molar-refractivity contribution in [2.75, 3.05) is 23.4 Å². The summed E-state index contributed by atoms with van der Waals surface area (Å²) in [6.45, 7) is 4.33. The molecule has 7 heteroatoms. The van der Waals surface area contributed by atoms with Crippen LogP contribution in [0.3, 0.4) is 0 Å². The van der Waals surface area contributed by atoms with Gasteiger partial charge >= 0.3 is 0 Å². The molecule has 0 aromatic carbocycles. The first-order valence-corrected chi connectivity index (χ1v) is 7.24. The monoisotopic (exact) mass is 275 g/mol. The highest BCUT2D eigenvalue weighted by Gasteiger charge is 2.20. The van der Waals surface area contributed by atoms with Gasteiger partial charge in [-0.1, -0.05) is 13.3 Å². The van der Waals surface area contributed by atoms with Gasteiger partial charge in [0.25, 0.3) is 0 Å². The van der Waals surface area contributed by atoms with Gasteiger partial charge in [0.15, 0.2) is 5.65 Å². The molecule has 20 heavy (non-hydrogen) atoms. The topological polar surface area (TPSA) is 95.8 Å². The first-order valence-electron chi connectivity index (χ1n) is 7.24. The zero-order valence-electron chi connectivity index (χ0n) is 11.8. The number of H-pyrrole nitrogens is 1. The maximum Gasteiger partial charge on any atom is 0.241 e. The van der Waals surface area contributed by atoms with E-state index in [-0.39, 0.29) is 0 Å². The summed E-state index contributed by atoms with van der Waals surface area (Å²) >= 11 is 0. The van der Waals surface area contributed by atoms with E-state index < -0.39 is 0 Å². The smallest absolute Gasteiger partial charge is 0.241 e. The van der Waals surface area contributed by atoms with Gasteiger partial charge in [0, 0.05) is 13.1 Å². The van der Waals surface area contributed by atoms with E-state index in [9.17, 15) is 0 Å². The number of hydrogen-bond acceptors (Lipinski definition) is 6. The Morgan fingerprint density at radius 1 is 1.40 bits per heavy atom. The zero-order chi connectivity index (χ0) is 13.9. The number of aromatic amines is 1. The molecule has 0 bridgehead atoms. The van der Waals surface area contributed by atoms with E-state index in [1.54, 1.807) is 6.20 Å². The number of hydrogen-bond donors (Lipinski definition) is 3. The van der Waals surface area contributed by atoms with Crippen molar-refractivity contribution in [3.8, 4) is 0 Å². The van der Waals surface area contributed by atoms with Crippen LogP contribution >= 0.6 is 0 Å². The van der Waals surface area contributed by atoms with E-state index in [0.29, 0.717) is 5.95 Å². The Labute approximate surface area is 117 Å². The van der Waals surface area contributed by atoms with Crippen molar-refractivity contribution in [3.63, 3.8) is 0 Å². The Hall–Kier alpha value is -1.89. The fourth-order valence-electron chi connectivity index (χ4n) is 2.91. The molecule has 0 amide bonds. The predicted molar refractivity (Wildman–Crippen MR) is 79.3 cm³/mol. The second-order valence-corrected chi connectivity index (χ2v) is 5.34. The lowest BCUT2D eigenvalue weighted by Gasteiger charge is -2.22. The summed E-state index contributed by atoms with van der Waals surface area (Å²) in [7, 11) is 0. The number of nitrogens with two attached hydrogens (primary N) is 1. The molecule has 1 unspecified atom stereocenters. The summed E-state index contributed by atoms with van der Waals surface area (Å²) in [6, 6.07) is 0. The third-order valence-electron chi connectivity index (χ3n) is 4.14. The molecular weight excluding hydrogens is 254 g/mol. The average molecular weight is 275 g/mol. The summed E-state index contributed by atoms with van der Waals surface area (Å²) in [5.74, 6) is 7.63. The van der Waals surface area contributed by atoms with Crippen molar-refractivity contribution in [2.45, 2.75) is 32.6 Å². The van der Waals surface area contributed by atoms with Gasteiger partial charge in [0.05, 0.1) is 11.6 Å². The lowest BCUT2D eigenvalue weighted by molar-refractivity contribution is 0.459. The standard InChI is InChI=1S/C13H21N7/c1-2-9-4-3-6-20(7-5-9)12-10-8-15-19-11(10)16-13(17-12)18-14/h8-9H,2-7,14H2,1H3,(H2,15,16,17,18,19). The molecule has 3 heterocycles. The van der Waals surface area contributed by atoms with Crippen molar-refractivity contribution in [2.24, 2.45) is 11.8 Å². The third-order valence-corrected chi connectivity index (χ3v) is 4.14. The molecule has 1 aliphatic heterocycles. The SMILES string of the molecule is CCC1CCCN(c2nc(NN)nc3[nH]ncc23)CC1. The van der Waals surface area contributed by atoms with E-state index >= 15 is 0 Å². The number of nitrogens with zero attached hydrogens (tertiary/aromatic N) is 4. The quantitative estimate of drug-likeness (QED) is 0.582. The number of rotatable bonds is 3. The lowest BCUT2D eigenvalue weighted by atomic mass is 9.98. The third kappa shape index (κ3) is 2.40. The molecule has 0 spiro atoms. The van der Waals surface area contributed by atoms with Crippen LogP contribution in [0.25, 0.3) is 11.0 Å². The van der Waals surface area contributed by atoms with E-state index in [1.165, 1.54) is 25.7 Å². The number of fused-ring (bicyclic) bond motifs is 1. The highest BCUT2D eigenvalue weighted by Crippen LogP contribution is 2.28. The van der Waals surface area contributed by atoms with Crippen LogP contribution in [0.4, 0.5) is 11.8 Å². The molecule has 1 fully saturated rings. The minimum Gasteiger partial charge on any atom is -0.356 e. The van der Waals surface area contributed by atoms with Crippen molar-refractivity contribution in [1.82, 2.24) is 20.2 Å². The van der Waals surface area contributed by atoms with Crippen molar-refractivity contribution < 1.29 is 0 Å². The van der Waals surface area contributed by atoms with Gasteiger partial charge in [-0.05, 0) is 25.2 Å². The van der Waals surface area contributed by atoms with E-state index in [1.807, 2.05) is 0 Å². The van der Waals surface area contributed by atoms with Crippen LogP contribution in [0, 0.1) is 5.92 Å². The molecule has 2 aromatic rings. The minimum absolute atomic E-state index is 0.424. The van der Waals surface area contributed by atoms with Gasteiger partial charge in [-0.3, -0.25) is 10.5 Å². The zero-order valence-corrected chi connectivity index (χ0v) is 11.8. The van der Waals surface area contributed by atoms with Gasteiger partial charge in [-0.15, -0.1) is 0 Å². The summed E-state index contributed by atoms with van der Waals surface area (Å²) in [5, 5.41) is 7.91.